The lowest BCUT2D eigenvalue weighted by Crippen LogP contribution is -2.05. The topological polar surface area (TPSA) is 81.2 Å². The van der Waals surface area contributed by atoms with Crippen LogP contribution in [0.3, 0.4) is 0 Å². The van der Waals surface area contributed by atoms with Crippen molar-refractivity contribution in [1.29, 1.82) is 0 Å². The summed E-state index contributed by atoms with van der Waals surface area (Å²) in [6.07, 6.45) is 1.87. The summed E-state index contributed by atoms with van der Waals surface area (Å²) in [4.78, 5) is 21.5. The van der Waals surface area contributed by atoms with E-state index < -0.39 is 5.97 Å². The molecule has 0 unspecified atom stereocenters. The van der Waals surface area contributed by atoms with Gasteiger partial charge in [0, 0.05) is 18.5 Å². The molecule has 0 aliphatic rings. The van der Waals surface area contributed by atoms with Gasteiger partial charge in [0.15, 0.2) is 0 Å². The molecule has 0 aliphatic carbocycles. The van der Waals surface area contributed by atoms with Crippen LogP contribution in [-0.2, 0) is 13.0 Å². The van der Waals surface area contributed by atoms with Crippen molar-refractivity contribution in [2.75, 3.05) is 0 Å². The maximum atomic E-state index is 11.7. The van der Waals surface area contributed by atoms with E-state index >= 15 is 0 Å². The lowest BCUT2D eigenvalue weighted by Gasteiger charge is -2.11. The normalized spacial score (nSPS) is 11.5. The molecule has 0 bridgehead atoms. The van der Waals surface area contributed by atoms with E-state index in [9.17, 15) is 9.90 Å². The lowest BCUT2D eigenvalue weighted by atomic mass is 9.98. The van der Waals surface area contributed by atoms with E-state index in [4.69, 9.17) is 14.4 Å². The van der Waals surface area contributed by atoms with E-state index in [0.29, 0.717) is 29.5 Å². The minimum absolute atomic E-state index is 0.296. The van der Waals surface area contributed by atoms with Crippen molar-refractivity contribution in [1.82, 2.24) is 14.5 Å². The number of nitrogens with zero attached hydrogens (tertiary/aromatic N) is 3. The highest BCUT2D eigenvalue weighted by Crippen LogP contribution is 2.32. The molecule has 6 nitrogen and oxygen atoms in total. The number of imidazole rings is 1. The minimum Gasteiger partial charge on any atom is -0.478 e. The van der Waals surface area contributed by atoms with Crippen molar-refractivity contribution in [2.45, 2.75) is 59.9 Å². The second-order valence-corrected chi connectivity index (χ2v) is 10.2. The van der Waals surface area contributed by atoms with Gasteiger partial charge in [-0.15, -0.1) is 0 Å². The molecule has 1 N–H and O–H groups in total. The molecule has 0 atom stereocenters. The van der Waals surface area contributed by atoms with Crippen LogP contribution in [0.1, 0.15) is 71.9 Å². The molecule has 5 aromatic rings. The summed E-state index contributed by atoms with van der Waals surface area (Å²) < 4.78 is 8.36. The minimum atomic E-state index is -0.924. The Morgan fingerprint density at radius 1 is 1.00 bits per heavy atom. The maximum absolute atomic E-state index is 11.7. The Morgan fingerprint density at radius 2 is 1.74 bits per heavy atom. The predicted molar refractivity (Wildman–Crippen MR) is 151 cm³/mol. The zero-order chi connectivity index (χ0) is 27.0. The Bertz CT molecular complexity index is 1620. The Labute approximate surface area is 223 Å². The summed E-state index contributed by atoms with van der Waals surface area (Å²) in [5.41, 5.74) is 8.12. The van der Waals surface area contributed by atoms with E-state index in [-0.39, 0.29) is 0 Å². The summed E-state index contributed by atoms with van der Waals surface area (Å²) in [6, 6.07) is 19.5. The molecule has 0 spiro atoms. The highest BCUT2D eigenvalue weighted by molar-refractivity contribution is 5.96. The second-order valence-electron chi connectivity index (χ2n) is 10.2. The average Bonchev–Trinajstić information content (AvgIpc) is 3.46. The zero-order valence-corrected chi connectivity index (χ0v) is 22.6. The van der Waals surface area contributed by atoms with Gasteiger partial charge in [0.2, 0.25) is 5.89 Å². The summed E-state index contributed by atoms with van der Waals surface area (Å²) in [6.45, 7) is 11.1. The Morgan fingerprint density at radius 3 is 2.39 bits per heavy atom. The second kappa shape index (κ2) is 10.3. The van der Waals surface area contributed by atoms with Gasteiger partial charge in [-0.1, -0.05) is 63.2 Å². The summed E-state index contributed by atoms with van der Waals surface area (Å²) in [5, 5.41) is 9.58. The molecular formula is C32H33N3O3. The molecule has 0 fully saturated rings. The van der Waals surface area contributed by atoms with Crippen LogP contribution in [0.5, 0.6) is 0 Å². The van der Waals surface area contributed by atoms with Crippen molar-refractivity contribution in [3.8, 4) is 22.6 Å². The third-order valence-electron chi connectivity index (χ3n) is 6.99. The van der Waals surface area contributed by atoms with Crippen molar-refractivity contribution in [3.63, 3.8) is 0 Å². The molecule has 5 rings (SSSR count). The first kappa shape index (κ1) is 25.5. The van der Waals surface area contributed by atoms with E-state index in [2.05, 4.69) is 56.5 Å². The van der Waals surface area contributed by atoms with Crippen molar-refractivity contribution in [2.24, 2.45) is 0 Å². The number of aromatic nitrogens is 3. The number of hydrogen-bond donors (Lipinski definition) is 1. The van der Waals surface area contributed by atoms with Crippen LogP contribution in [0.4, 0.5) is 0 Å². The zero-order valence-electron chi connectivity index (χ0n) is 22.6. The number of oxazole rings is 1. The first-order chi connectivity index (χ1) is 18.3. The fourth-order valence-corrected chi connectivity index (χ4v) is 5.12. The van der Waals surface area contributed by atoms with E-state index in [0.717, 1.165) is 63.4 Å². The van der Waals surface area contributed by atoms with Gasteiger partial charge in [-0.25, -0.2) is 14.8 Å². The molecule has 0 saturated heterocycles. The fraction of sp³-hybridized carbons (Fsp3) is 0.281. The fourth-order valence-electron chi connectivity index (χ4n) is 5.12. The highest BCUT2D eigenvalue weighted by Gasteiger charge is 2.19. The molecule has 0 amide bonds. The van der Waals surface area contributed by atoms with Crippen molar-refractivity contribution >= 4 is 17.0 Å². The maximum Gasteiger partial charge on any atom is 0.336 e. The van der Waals surface area contributed by atoms with Crippen LogP contribution >= 0.6 is 0 Å². The van der Waals surface area contributed by atoms with E-state index in [1.165, 1.54) is 0 Å². The van der Waals surface area contributed by atoms with Crippen LogP contribution in [-0.4, -0.2) is 25.6 Å². The molecule has 6 heteroatoms. The third kappa shape index (κ3) is 4.74. The quantitative estimate of drug-likeness (QED) is 0.232. The van der Waals surface area contributed by atoms with E-state index in [1.54, 1.807) is 12.1 Å². The molecule has 194 valence electrons. The number of carboxylic acids is 1. The number of benzene rings is 3. The SMILES string of the molecule is CCCc1nc2c(C)cc(-c3nc(C(C)C)c(C)o3)cc2n1Cc1ccc(-c2ccccc2C(=O)O)cc1. The monoisotopic (exact) mass is 507 g/mol. The molecule has 0 aliphatic heterocycles. The van der Waals surface area contributed by atoms with Crippen LogP contribution in [0.2, 0.25) is 0 Å². The lowest BCUT2D eigenvalue weighted by molar-refractivity contribution is 0.0697. The molecule has 2 aromatic heterocycles. The molecule has 3 aromatic carbocycles. The first-order valence-corrected chi connectivity index (χ1v) is 13.2. The van der Waals surface area contributed by atoms with E-state index in [1.807, 2.05) is 31.2 Å². The van der Waals surface area contributed by atoms with Gasteiger partial charge in [0.25, 0.3) is 0 Å². The van der Waals surface area contributed by atoms with Gasteiger partial charge in [0.05, 0.1) is 22.3 Å². The van der Waals surface area contributed by atoms with Gasteiger partial charge in [-0.05, 0) is 66.6 Å². The van der Waals surface area contributed by atoms with Crippen molar-refractivity contribution < 1.29 is 14.3 Å². The number of carbonyl (C=O) groups is 1. The molecule has 0 saturated carbocycles. The predicted octanol–water partition coefficient (Wildman–Crippen LogP) is 7.80. The van der Waals surface area contributed by atoms with Gasteiger partial charge in [0.1, 0.15) is 11.6 Å². The average molecular weight is 508 g/mol. The highest BCUT2D eigenvalue weighted by atomic mass is 16.4. The number of fused-ring (bicyclic) bond motifs is 1. The molecule has 38 heavy (non-hydrogen) atoms. The van der Waals surface area contributed by atoms with Crippen LogP contribution in [0, 0.1) is 13.8 Å². The van der Waals surface area contributed by atoms with Crippen molar-refractivity contribution in [3.05, 3.63) is 94.6 Å². The van der Waals surface area contributed by atoms with Crippen LogP contribution in [0.25, 0.3) is 33.6 Å². The number of hydrogen-bond acceptors (Lipinski definition) is 4. The Balaban J connectivity index is 1.55. The number of aromatic carboxylic acids is 1. The number of rotatable bonds is 8. The molecular weight excluding hydrogens is 474 g/mol. The Kier molecular flexibility index (Phi) is 6.89. The Hall–Kier alpha value is -4.19. The standard InChI is InChI=1S/C32H33N3O3/c1-6-9-28-33-30-20(4)16-24(31-34-29(19(2)3)21(5)38-31)17-27(30)35(28)18-22-12-14-23(15-13-22)25-10-7-8-11-26(25)32(36)37/h7-8,10-17,19H,6,9,18H2,1-5H3,(H,36,37). The van der Waals surface area contributed by atoms with Gasteiger partial charge >= 0.3 is 5.97 Å². The molecule has 2 heterocycles. The van der Waals surface area contributed by atoms with Crippen LogP contribution in [0.15, 0.2) is 65.1 Å². The number of aryl methyl sites for hydroxylation is 3. The van der Waals surface area contributed by atoms with Gasteiger partial charge in [-0.3, -0.25) is 0 Å². The third-order valence-corrected chi connectivity index (χ3v) is 6.99. The summed E-state index contributed by atoms with van der Waals surface area (Å²) >= 11 is 0. The largest absolute Gasteiger partial charge is 0.478 e. The van der Waals surface area contributed by atoms with Gasteiger partial charge in [-0.2, -0.15) is 0 Å². The number of carboxylic acid groups (broad SMARTS) is 1. The smallest absolute Gasteiger partial charge is 0.336 e. The van der Waals surface area contributed by atoms with Crippen LogP contribution < -0.4 is 0 Å². The first-order valence-electron chi connectivity index (χ1n) is 13.2. The molecule has 0 radical (unpaired) electrons. The summed E-state index contributed by atoms with van der Waals surface area (Å²) in [5.74, 6) is 1.92. The summed E-state index contributed by atoms with van der Waals surface area (Å²) in [7, 11) is 0. The van der Waals surface area contributed by atoms with Gasteiger partial charge < -0.3 is 14.1 Å².